The minimum absolute atomic E-state index is 0.0457. The van der Waals surface area contributed by atoms with Crippen molar-refractivity contribution in [1.29, 1.82) is 0 Å². The molecule has 0 aromatic heterocycles. The quantitative estimate of drug-likeness (QED) is 0.624. The molecule has 58 valence electrons. The molecule has 0 atom stereocenters. The van der Waals surface area contributed by atoms with Crippen molar-refractivity contribution in [1.82, 2.24) is 0 Å². The number of hydrogen-bond donors (Lipinski definition) is 0. The molecule has 0 bridgehead atoms. The van der Waals surface area contributed by atoms with Gasteiger partial charge in [0.15, 0.2) is 11.6 Å². The monoisotopic (exact) mass is 172 g/mol. The van der Waals surface area contributed by atoms with E-state index in [1.165, 1.54) is 12.1 Å². The highest BCUT2D eigenvalue weighted by atomic mass is 35.5. The Hall–Kier alpha value is -1.02. The van der Waals surface area contributed by atoms with Gasteiger partial charge in [0, 0.05) is 0 Å². The second kappa shape index (κ2) is 3.39. The fourth-order valence-corrected chi connectivity index (χ4v) is 0.831. The van der Waals surface area contributed by atoms with E-state index in [0.29, 0.717) is 0 Å². The maximum Gasteiger partial charge on any atom is 0.184 e. The zero-order valence-corrected chi connectivity index (χ0v) is 6.44. The Kier molecular flexibility index (Phi) is 2.49. The second-order valence-corrected chi connectivity index (χ2v) is 2.24. The summed E-state index contributed by atoms with van der Waals surface area (Å²) in [5.41, 5.74) is 0. The van der Waals surface area contributed by atoms with E-state index in [0.717, 1.165) is 6.26 Å². The van der Waals surface area contributed by atoms with Gasteiger partial charge in [-0.2, -0.15) is 0 Å². The summed E-state index contributed by atoms with van der Waals surface area (Å²) in [5.74, 6) is -0.471. The third-order valence-electron chi connectivity index (χ3n) is 1.13. The molecule has 0 N–H and O–H groups in total. The summed E-state index contributed by atoms with van der Waals surface area (Å²) in [7, 11) is 0. The van der Waals surface area contributed by atoms with Crippen LogP contribution in [0.15, 0.2) is 31.0 Å². The number of benzene rings is 1. The highest BCUT2D eigenvalue weighted by molar-refractivity contribution is 6.30. The van der Waals surface area contributed by atoms with Gasteiger partial charge in [-0.3, -0.25) is 0 Å². The molecule has 1 rings (SSSR count). The van der Waals surface area contributed by atoms with Crippen molar-refractivity contribution in [3.8, 4) is 5.75 Å². The van der Waals surface area contributed by atoms with Crippen LogP contribution in [0.25, 0.3) is 0 Å². The number of ether oxygens (including phenoxy) is 1. The van der Waals surface area contributed by atoms with Gasteiger partial charge in [0.2, 0.25) is 0 Å². The Morgan fingerprint density at radius 1 is 1.55 bits per heavy atom. The van der Waals surface area contributed by atoms with Crippen LogP contribution in [-0.2, 0) is 0 Å². The molecule has 0 saturated carbocycles. The van der Waals surface area contributed by atoms with E-state index in [9.17, 15) is 4.39 Å². The van der Waals surface area contributed by atoms with E-state index in [1.54, 1.807) is 6.07 Å². The molecular formula is C8H6ClFO. The maximum absolute atomic E-state index is 12.9. The summed E-state index contributed by atoms with van der Waals surface area (Å²) < 4.78 is 17.6. The summed E-state index contributed by atoms with van der Waals surface area (Å²) in [6.45, 7) is 3.29. The number of halogens is 2. The summed E-state index contributed by atoms with van der Waals surface area (Å²) in [5, 5.41) is 0.0457. The number of rotatable bonds is 2. The number of hydrogen-bond acceptors (Lipinski definition) is 1. The third kappa shape index (κ3) is 1.71. The molecule has 11 heavy (non-hydrogen) atoms. The molecule has 0 saturated heterocycles. The van der Waals surface area contributed by atoms with Crippen molar-refractivity contribution in [2.24, 2.45) is 0 Å². The van der Waals surface area contributed by atoms with Gasteiger partial charge in [-0.05, 0) is 12.1 Å². The molecular weight excluding hydrogens is 167 g/mol. The molecule has 0 aliphatic heterocycles. The van der Waals surface area contributed by atoms with Crippen molar-refractivity contribution in [2.75, 3.05) is 0 Å². The van der Waals surface area contributed by atoms with Crippen LogP contribution in [0, 0.1) is 5.82 Å². The summed E-state index contributed by atoms with van der Waals surface area (Å²) in [6, 6.07) is 4.53. The zero-order chi connectivity index (χ0) is 8.27. The van der Waals surface area contributed by atoms with Gasteiger partial charge >= 0.3 is 0 Å². The molecule has 0 unspecified atom stereocenters. The molecule has 1 nitrogen and oxygen atoms in total. The Morgan fingerprint density at radius 3 is 2.91 bits per heavy atom. The molecule has 0 aliphatic rings. The second-order valence-electron chi connectivity index (χ2n) is 1.84. The van der Waals surface area contributed by atoms with Crippen LogP contribution in [0.2, 0.25) is 5.02 Å². The van der Waals surface area contributed by atoms with Crippen LogP contribution < -0.4 is 4.74 Å². The summed E-state index contributed by atoms with van der Waals surface area (Å²) >= 11 is 5.46. The first-order chi connectivity index (χ1) is 5.25. The Labute approximate surface area is 69.1 Å². The smallest absolute Gasteiger partial charge is 0.184 e. The third-order valence-corrected chi connectivity index (χ3v) is 1.42. The predicted molar refractivity (Wildman–Crippen MR) is 42.2 cm³/mol. The van der Waals surface area contributed by atoms with Crippen LogP contribution in [0.4, 0.5) is 4.39 Å². The van der Waals surface area contributed by atoms with Crippen LogP contribution in [0.5, 0.6) is 5.75 Å². The van der Waals surface area contributed by atoms with Crippen molar-refractivity contribution in [3.05, 3.63) is 41.9 Å². The zero-order valence-electron chi connectivity index (χ0n) is 5.68. The molecule has 0 heterocycles. The average Bonchev–Trinajstić information content (AvgIpc) is 1.99. The van der Waals surface area contributed by atoms with Crippen molar-refractivity contribution in [3.63, 3.8) is 0 Å². The van der Waals surface area contributed by atoms with E-state index in [2.05, 4.69) is 6.58 Å². The SMILES string of the molecule is C=COc1cccc(Cl)c1F. The Morgan fingerprint density at radius 2 is 2.27 bits per heavy atom. The lowest BCUT2D eigenvalue weighted by molar-refractivity contribution is 0.442. The minimum atomic E-state index is -0.561. The topological polar surface area (TPSA) is 9.23 Å². The van der Waals surface area contributed by atoms with Crippen LogP contribution >= 0.6 is 11.6 Å². The highest BCUT2D eigenvalue weighted by Crippen LogP contribution is 2.23. The van der Waals surface area contributed by atoms with Gasteiger partial charge in [-0.15, -0.1) is 0 Å². The van der Waals surface area contributed by atoms with Gasteiger partial charge in [0.05, 0.1) is 11.3 Å². The molecule has 1 aromatic rings. The van der Waals surface area contributed by atoms with Gasteiger partial charge in [0.25, 0.3) is 0 Å². The molecule has 0 spiro atoms. The minimum Gasteiger partial charge on any atom is -0.462 e. The fraction of sp³-hybridized carbons (Fsp3) is 0. The maximum atomic E-state index is 12.9. The molecule has 3 heteroatoms. The molecule has 0 aliphatic carbocycles. The first-order valence-electron chi connectivity index (χ1n) is 2.97. The molecule has 0 fully saturated rings. The summed E-state index contributed by atoms with van der Waals surface area (Å²) in [6.07, 6.45) is 1.15. The predicted octanol–water partition coefficient (Wildman–Crippen LogP) is 3.00. The lowest BCUT2D eigenvalue weighted by atomic mass is 10.3. The van der Waals surface area contributed by atoms with Crippen LogP contribution in [0.1, 0.15) is 0 Å². The van der Waals surface area contributed by atoms with E-state index in [1.807, 2.05) is 0 Å². The standard InChI is InChI=1S/C8H6ClFO/c1-2-11-7-5-3-4-6(9)8(7)10/h2-5H,1H2. The molecule has 0 amide bonds. The average molecular weight is 173 g/mol. The first-order valence-corrected chi connectivity index (χ1v) is 3.35. The van der Waals surface area contributed by atoms with E-state index in [-0.39, 0.29) is 10.8 Å². The normalized spacial score (nSPS) is 9.27. The van der Waals surface area contributed by atoms with Gasteiger partial charge in [-0.1, -0.05) is 24.2 Å². The lowest BCUT2D eigenvalue weighted by Gasteiger charge is -2.01. The van der Waals surface area contributed by atoms with E-state index < -0.39 is 5.82 Å². The van der Waals surface area contributed by atoms with Gasteiger partial charge in [0.1, 0.15) is 0 Å². The highest BCUT2D eigenvalue weighted by Gasteiger charge is 2.04. The Balaban J connectivity index is 3.05. The molecule has 0 radical (unpaired) electrons. The summed E-state index contributed by atoms with van der Waals surface area (Å²) in [4.78, 5) is 0. The van der Waals surface area contributed by atoms with Crippen LogP contribution in [0.3, 0.4) is 0 Å². The Bertz CT molecular complexity index is 273. The van der Waals surface area contributed by atoms with Crippen molar-refractivity contribution < 1.29 is 9.13 Å². The van der Waals surface area contributed by atoms with Crippen LogP contribution in [-0.4, -0.2) is 0 Å². The first kappa shape index (κ1) is 8.08. The van der Waals surface area contributed by atoms with E-state index >= 15 is 0 Å². The van der Waals surface area contributed by atoms with Crippen molar-refractivity contribution >= 4 is 11.6 Å². The van der Waals surface area contributed by atoms with Gasteiger partial charge < -0.3 is 4.74 Å². The largest absolute Gasteiger partial charge is 0.462 e. The van der Waals surface area contributed by atoms with Gasteiger partial charge in [-0.25, -0.2) is 4.39 Å². The van der Waals surface area contributed by atoms with Crippen molar-refractivity contribution in [2.45, 2.75) is 0 Å². The van der Waals surface area contributed by atoms with E-state index in [4.69, 9.17) is 16.3 Å². The lowest BCUT2D eigenvalue weighted by Crippen LogP contribution is -1.86. The fourth-order valence-electron chi connectivity index (χ4n) is 0.665. The molecule has 1 aromatic carbocycles.